The molecule has 0 radical (unpaired) electrons. The minimum Gasteiger partial charge on any atom is -0.469 e. The van der Waals surface area contributed by atoms with Gasteiger partial charge in [-0.1, -0.05) is 6.07 Å². The molecule has 0 aliphatic carbocycles. The predicted octanol–water partition coefficient (Wildman–Crippen LogP) is 2.24. The van der Waals surface area contributed by atoms with Gasteiger partial charge in [-0.05, 0) is 12.1 Å². The Labute approximate surface area is 139 Å². The van der Waals surface area contributed by atoms with E-state index in [0.717, 1.165) is 0 Å². The fourth-order valence-electron chi connectivity index (χ4n) is 2.73. The predicted molar refractivity (Wildman–Crippen MR) is 83.5 cm³/mol. The Morgan fingerprint density at radius 2 is 2.38 bits per heavy atom. The molecule has 0 saturated carbocycles. The summed E-state index contributed by atoms with van der Waals surface area (Å²) in [6.45, 7) is 2.23. The third-order valence-electron chi connectivity index (χ3n) is 3.97. The van der Waals surface area contributed by atoms with E-state index in [-0.39, 0.29) is 24.3 Å². The average Bonchev–Trinajstić information content (AvgIpc) is 3.11. The van der Waals surface area contributed by atoms with E-state index in [0.29, 0.717) is 43.3 Å². The molecule has 1 atom stereocenters. The van der Waals surface area contributed by atoms with Crippen molar-refractivity contribution in [3.63, 3.8) is 0 Å². The van der Waals surface area contributed by atoms with Gasteiger partial charge >= 0.3 is 5.97 Å². The number of morpholine rings is 1. The summed E-state index contributed by atoms with van der Waals surface area (Å²) in [5.74, 6) is -0.213. The van der Waals surface area contributed by atoms with Crippen molar-refractivity contribution < 1.29 is 23.1 Å². The Morgan fingerprint density at radius 1 is 1.50 bits per heavy atom. The number of aromatic nitrogens is 1. The summed E-state index contributed by atoms with van der Waals surface area (Å²) in [4.78, 5) is 17.4. The molecule has 1 aliphatic rings. The maximum Gasteiger partial charge on any atom is 0.308 e. The Kier molecular flexibility index (Phi) is 5.22. The lowest BCUT2D eigenvalue weighted by Gasteiger charge is -2.32. The van der Waals surface area contributed by atoms with Crippen molar-refractivity contribution in [3.8, 4) is 11.5 Å². The van der Waals surface area contributed by atoms with Gasteiger partial charge in [0.2, 0.25) is 5.89 Å². The van der Waals surface area contributed by atoms with Crippen molar-refractivity contribution in [3.05, 3.63) is 42.0 Å². The minimum absolute atomic E-state index is 0.207. The van der Waals surface area contributed by atoms with E-state index in [1.807, 2.05) is 0 Å². The SMILES string of the molecule is COC(=O)C[C@H]1CN(Cc2ccc(-c3ncco3)cc2F)CCO1. The second-order valence-electron chi connectivity index (χ2n) is 5.65. The minimum atomic E-state index is -0.304. The summed E-state index contributed by atoms with van der Waals surface area (Å²) in [5, 5.41) is 0. The van der Waals surface area contributed by atoms with Gasteiger partial charge in [-0.25, -0.2) is 9.37 Å². The number of nitrogens with zero attached hydrogens (tertiary/aromatic N) is 2. The fourth-order valence-corrected chi connectivity index (χ4v) is 2.73. The normalized spacial score (nSPS) is 18.5. The summed E-state index contributed by atoms with van der Waals surface area (Å²) in [5.41, 5.74) is 1.19. The molecule has 0 unspecified atom stereocenters. The first-order chi connectivity index (χ1) is 11.7. The molecular weight excluding hydrogens is 315 g/mol. The molecule has 2 aromatic rings. The average molecular weight is 334 g/mol. The van der Waals surface area contributed by atoms with Gasteiger partial charge in [0.25, 0.3) is 0 Å². The van der Waals surface area contributed by atoms with Gasteiger partial charge < -0.3 is 13.9 Å². The van der Waals surface area contributed by atoms with E-state index in [4.69, 9.17) is 9.15 Å². The highest BCUT2D eigenvalue weighted by Gasteiger charge is 2.24. The van der Waals surface area contributed by atoms with Crippen molar-refractivity contribution >= 4 is 5.97 Å². The van der Waals surface area contributed by atoms with Gasteiger partial charge in [0.05, 0.1) is 32.4 Å². The lowest BCUT2D eigenvalue weighted by atomic mass is 10.1. The number of carbonyl (C=O) groups is 1. The van der Waals surface area contributed by atoms with Crippen LogP contribution in [0.15, 0.2) is 35.1 Å². The standard InChI is InChI=1S/C17H19FN2O4/c1-22-16(21)9-14-11-20(5-7-23-14)10-13-3-2-12(8-15(13)18)17-19-4-6-24-17/h2-4,6,8,14H,5,7,9-11H2,1H3/t14-/m0/s1. The maximum atomic E-state index is 14.4. The molecule has 1 aromatic carbocycles. The van der Waals surface area contributed by atoms with Crippen LogP contribution in [0, 0.1) is 5.82 Å². The van der Waals surface area contributed by atoms with Crippen molar-refractivity contribution in [1.82, 2.24) is 9.88 Å². The highest BCUT2D eigenvalue weighted by atomic mass is 19.1. The van der Waals surface area contributed by atoms with E-state index < -0.39 is 0 Å². The van der Waals surface area contributed by atoms with Crippen molar-refractivity contribution in [2.45, 2.75) is 19.1 Å². The van der Waals surface area contributed by atoms with E-state index in [9.17, 15) is 9.18 Å². The summed E-state index contributed by atoms with van der Waals surface area (Å²) in [7, 11) is 1.35. The quantitative estimate of drug-likeness (QED) is 0.782. The first kappa shape index (κ1) is 16.6. The molecule has 0 N–H and O–H groups in total. The van der Waals surface area contributed by atoms with Crippen LogP contribution in [0.3, 0.4) is 0 Å². The maximum absolute atomic E-state index is 14.4. The van der Waals surface area contributed by atoms with Gasteiger partial charge in [0.1, 0.15) is 12.1 Å². The Hall–Kier alpha value is -2.25. The highest BCUT2D eigenvalue weighted by Crippen LogP contribution is 2.22. The number of benzene rings is 1. The van der Waals surface area contributed by atoms with E-state index >= 15 is 0 Å². The molecule has 1 aromatic heterocycles. The Balaban J connectivity index is 1.64. The van der Waals surface area contributed by atoms with Gasteiger partial charge in [0.15, 0.2) is 0 Å². The number of rotatable bonds is 5. The molecule has 1 saturated heterocycles. The number of esters is 1. The molecule has 2 heterocycles. The molecule has 3 rings (SSSR count). The zero-order valence-electron chi connectivity index (χ0n) is 13.4. The molecule has 1 fully saturated rings. The van der Waals surface area contributed by atoms with Crippen LogP contribution in [-0.4, -0.2) is 48.8 Å². The second kappa shape index (κ2) is 7.55. The molecule has 1 aliphatic heterocycles. The summed E-state index contributed by atoms with van der Waals surface area (Å²) < 4.78 is 29.8. The molecule has 6 nitrogen and oxygen atoms in total. The second-order valence-corrected chi connectivity index (χ2v) is 5.65. The molecule has 0 amide bonds. The van der Waals surface area contributed by atoms with E-state index in [2.05, 4.69) is 14.6 Å². The molecule has 0 spiro atoms. The van der Waals surface area contributed by atoms with Crippen LogP contribution in [-0.2, 0) is 20.8 Å². The Morgan fingerprint density at radius 3 is 3.08 bits per heavy atom. The monoisotopic (exact) mass is 334 g/mol. The third kappa shape index (κ3) is 3.98. The Bertz CT molecular complexity index is 690. The van der Waals surface area contributed by atoms with Crippen LogP contribution in [0.25, 0.3) is 11.5 Å². The zero-order valence-corrected chi connectivity index (χ0v) is 13.4. The summed E-state index contributed by atoms with van der Waals surface area (Å²) >= 11 is 0. The molecular formula is C17H19FN2O4. The first-order valence-corrected chi connectivity index (χ1v) is 7.75. The van der Waals surface area contributed by atoms with E-state index in [1.54, 1.807) is 12.1 Å². The summed E-state index contributed by atoms with van der Waals surface area (Å²) in [6, 6.07) is 4.95. The molecule has 7 heteroatoms. The van der Waals surface area contributed by atoms with Gasteiger partial charge in [-0.3, -0.25) is 9.69 Å². The largest absolute Gasteiger partial charge is 0.469 e. The van der Waals surface area contributed by atoms with Crippen LogP contribution < -0.4 is 0 Å². The fraction of sp³-hybridized carbons (Fsp3) is 0.412. The number of hydrogen-bond acceptors (Lipinski definition) is 6. The summed E-state index contributed by atoms with van der Waals surface area (Å²) in [6.07, 6.45) is 2.96. The molecule has 24 heavy (non-hydrogen) atoms. The van der Waals surface area contributed by atoms with Crippen LogP contribution in [0.1, 0.15) is 12.0 Å². The number of halogens is 1. The first-order valence-electron chi connectivity index (χ1n) is 7.75. The lowest BCUT2D eigenvalue weighted by molar-refractivity contribution is -0.145. The van der Waals surface area contributed by atoms with E-state index in [1.165, 1.54) is 25.6 Å². The van der Waals surface area contributed by atoms with Gasteiger partial charge in [-0.15, -0.1) is 0 Å². The number of methoxy groups -OCH3 is 1. The van der Waals surface area contributed by atoms with Gasteiger partial charge in [0, 0.05) is 30.8 Å². The molecule has 128 valence electrons. The van der Waals surface area contributed by atoms with Crippen molar-refractivity contribution in [2.75, 3.05) is 26.8 Å². The van der Waals surface area contributed by atoms with Crippen LogP contribution in [0.4, 0.5) is 4.39 Å². The highest BCUT2D eigenvalue weighted by molar-refractivity contribution is 5.69. The van der Waals surface area contributed by atoms with Crippen molar-refractivity contribution in [2.24, 2.45) is 0 Å². The zero-order chi connectivity index (χ0) is 16.9. The smallest absolute Gasteiger partial charge is 0.308 e. The number of oxazole rings is 1. The topological polar surface area (TPSA) is 64.8 Å². The number of carbonyl (C=O) groups excluding carboxylic acids is 1. The number of ether oxygens (including phenoxy) is 2. The van der Waals surface area contributed by atoms with Crippen molar-refractivity contribution in [1.29, 1.82) is 0 Å². The lowest BCUT2D eigenvalue weighted by Crippen LogP contribution is -2.43. The number of hydrogen-bond donors (Lipinski definition) is 0. The molecule has 0 bridgehead atoms. The third-order valence-corrected chi connectivity index (χ3v) is 3.97. The van der Waals surface area contributed by atoms with Gasteiger partial charge in [-0.2, -0.15) is 0 Å². The van der Waals surface area contributed by atoms with Crippen LogP contribution >= 0.6 is 0 Å². The van der Waals surface area contributed by atoms with Crippen LogP contribution in [0.2, 0.25) is 0 Å². The van der Waals surface area contributed by atoms with Crippen LogP contribution in [0.5, 0.6) is 0 Å².